The molecule has 5 rings (SSSR count). The Hall–Kier alpha value is -2.58. The van der Waals surface area contributed by atoms with Crippen molar-refractivity contribution in [1.82, 2.24) is 14.8 Å². The summed E-state index contributed by atoms with van der Waals surface area (Å²) in [5.74, 6) is -1.25. The normalized spacial score (nSPS) is 21.3. The second-order valence-corrected chi connectivity index (χ2v) is 11.1. The lowest BCUT2D eigenvalue weighted by molar-refractivity contribution is 0.0560. The van der Waals surface area contributed by atoms with Gasteiger partial charge in [0.1, 0.15) is 29.7 Å². The Labute approximate surface area is 215 Å². The summed E-state index contributed by atoms with van der Waals surface area (Å²) in [5, 5.41) is 1.03. The molecule has 0 radical (unpaired) electrons. The third-order valence-corrected chi connectivity index (χ3v) is 7.64. The number of benzene rings is 2. The molecule has 1 fully saturated rings. The molecule has 0 spiro atoms. The zero-order chi connectivity index (χ0) is 26.3. The molecule has 0 aliphatic carbocycles. The van der Waals surface area contributed by atoms with E-state index >= 15 is 13.2 Å². The molecule has 2 aliphatic rings. The summed E-state index contributed by atoms with van der Waals surface area (Å²) in [7, 11) is 0. The predicted octanol–water partition coefficient (Wildman–Crippen LogP) is 6.20. The number of H-pyrrole nitrogens is 1. The van der Waals surface area contributed by atoms with Crippen LogP contribution in [0, 0.1) is 17.6 Å². The summed E-state index contributed by atoms with van der Waals surface area (Å²) in [6, 6.07) is 9.40. The molecule has 1 aromatic heterocycles. The molecule has 0 saturated carbocycles. The average Bonchev–Trinajstić information content (AvgIpc) is 3.18. The molecular formula is C29H35F4N3O. The van der Waals surface area contributed by atoms with Crippen LogP contribution in [0.4, 0.5) is 17.6 Å². The number of halogens is 4. The van der Waals surface area contributed by atoms with Crippen LogP contribution in [0.15, 0.2) is 36.4 Å². The highest BCUT2D eigenvalue weighted by atomic mass is 19.1. The zero-order valence-electron chi connectivity index (χ0n) is 21.7. The molecule has 3 aromatic rings. The maximum absolute atomic E-state index is 15.7. The first kappa shape index (κ1) is 26.0. The SMILES string of the molecule is CC[C@H]1Cc2c([nH]c3ccccc23)[C@@H](c2c(F)cc(OCCN3CC(CF)C3)cc2F)N1CC(C)(C)F. The predicted molar refractivity (Wildman–Crippen MR) is 138 cm³/mol. The van der Waals surface area contributed by atoms with Crippen molar-refractivity contribution in [2.75, 3.05) is 39.5 Å². The number of aromatic amines is 1. The third kappa shape index (κ3) is 5.23. The van der Waals surface area contributed by atoms with Crippen molar-refractivity contribution in [1.29, 1.82) is 0 Å². The van der Waals surface area contributed by atoms with Crippen molar-refractivity contribution in [3.63, 3.8) is 0 Å². The average molecular weight is 518 g/mol. The number of fused-ring (bicyclic) bond motifs is 3. The van der Waals surface area contributed by atoms with E-state index in [0.717, 1.165) is 22.9 Å². The highest BCUT2D eigenvalue weighted by Crippen LogP contribution is 2.44. The first-order valence-corrected chi connectivity index (χ1v) is 13.1. The van der Waals surface area contributed by atoms with E-state index in [1.54, 1.807) is 0 Å². The second-order valence-electron chi connectivity index (χ2n) is 11.1. The van der Waals surface area contributed by atoms with Crippen LogP contribution in [-0.4, -0.2) is 66.0 Å². The summed E-state index contributed by atoms with van der Waals surface area (Å²) < 4.78 is 64.8. The van der Waals surface area contributed by atoms with Crippen LogP contribution in [-0.2, 0) is 6.42 Å². The third-order valence-electron chi connectivity index (χ3n) is 7.64. The van der Waals surface area contributed by atoms with Crippen LogP contribution in [0.5, 0.6) is 5.75 Å². The Bertz CT molecular complexity index is 1220. The summed E-state index contributed by atoms with van der Waals surface area (Å²) >= 11 is 0. The molecule has 0 bridgehead atoms. The molecule has 3 heterocycles. The molecule has 2 atom stereocenters. The second kappa shape index (κ2) is 10.3. The first-order chi connectivity index (χ1) is 17.7. The van der Waals surface area contributed by atoms with Gasteiger partial charge in [-0.05, 0) is 38.3 Å². The number of alkyl halides is 2. The summed E-state index contributed by atoms with van der Waals surface area (Å²) in [6.07, 6.45) is 1.39. The fourth-order valence-electron chi connectivity index (χ4n) is 5.90. The van der Waals surface area contributed by atoms with E-state index in [1.807, 2.05) is 41.0 Å². The lowest BCUT2D eigenvalue weighted by Gasteiger charge is -2.44. The van der Waals surface area contributed by atoms with Gasteiger partial charge < -0.3 is 9.72 Å². The summed E-state index contributed by atoms with van der Waals surface area (Å²) in [6.45, 7) is 6.90. The van der Waals surface area contributed by atoms with Gasteiger partial charge in [-0.25, -0.2) is 13.2 Å². The minimum atomic E-state index is -1.55. The van der Waals surface area contributed by atoms with Gasteiger partial charge in [-0.2, -0.15) is 0 Å². The maximum atomic E-state index is 15.7. The highest BCUT2D eigenvalue weighted by molar-refractivity contribution is 5.85. The van der Waals surface area contributed by atoms with Crippen molar-refractivity contribution >= 4 is 10.9 Å². The van der Waals surface area contributed by atoms with Crippen molar-refractivity contribution in [3.05, 3.63) is 64.9 Å². The van der Waals surface area contributed by atoms with Gasteiger partial charge in [-0.15, -0.1) is 0 Å². The number of nitrogens with one attached hydrogen (secondary N) is 1. The standard InChI is InChI=1S/C29H35F4N3O/c1-4-19-11-22-21-7-5-6-8-25(21)34-27(22)28(36(19)17-29(2,3)33)26-23(31)12-20(13-24(26)32)37-10-9-35-15-18(14-30)16-35/h5-8,12-13,18-19,28,34H,4,9-11,14-17H2,1-3H3/t19-,28+/m0/s1. The molecule has 2 aliphatic heterocycles. The monoisotopic (exact) mass is 517 g/mol. The molecule has 2 aromatic carbocycles. The van der Waals surface area contributed by atoms with E-state index in [4.69, 9.17) is 4.74 Å². The van der Waals surface area contributed by atoms with E-state index in [9.17, 15) is 4.39 Å². The maximum Gasteiger partial charge on any atom is 0.135 e. The minimum absolute atomic E-state index is 0.0395. The number of ether oxygens (including phenoxy) is 1. The highest BCUT2D eigenvalue weighted by Gasteiger charge is 2.42. The van der Waals surface area contributed by atoms with Crippen molar-refractivity contribution in [2.45, 2.75) is 51.4 Å². The van der Waals surface area contributed by atoms with Gasteiger partial charge in [0.2, 0.25) is 0 Å². The van der Waals surface area contributed by atoms with E-state index < -0.39 is 23.3 Å². The molecule has 0 amide bonds. The Morgan fingerprint density at radius 2 is 1.81 bits per heavy atom. The van der Waals surface area contributed by atoms with Gasteiger partial charge >= 0.3 is 0 Å². The molecular weight excluding hydrogens is 482 g/mol. The molecule has 4 nitrogen and oxygen atoms in total. The van der Waals surface area contributed by atoms with Gasteiger partial charge in [0.25, 0.3) is 0 Å². The quantitative estimate of drug-likeness (QED) is 0.343. The molecule has 200 valence electrons. The van der Waals surface area contributed by atoms with Crippen molar-refractivity contribution in [2.24, 2.45) is 5.92 Å². The number of rotatable bonds is 9. The summed E-state index contributed by atoms with van der Waals surface area (Å²) in [5.41, 5.74) is 0.984. The Morgan fingerprint density at radius 3 is 2.46 bits per heavy atom. The first-order valence-electron chi connectivity index (χ1n) is 13.1. The van der Waals surface area contributed by atoms with Crippen LogP contribution in [0.25, 0.3) is 10.9 Å². The van der Waals surface area contributed by atoms with Crippen molar-refractivity contribution < 1.29 is 22.3 Å². The van der Waals surface area contributed by atoms with Gasteiger partial charge in [0.15, 0.2) is 0 Å². The van der Waals surface area contributed by atoms with Gasteiger partial charge in [0.05, 0.1) is 12.7 Å². The number of aromatic nitrogens is 1. The van der Waals surface area contributed by atoms with Crippen LogP contribution >= 0.6 is 0 Å². The number of para-hydroxylation sites is 1. The topological polar surface area (TPSA) is 31.5 Å². The molecule has 1 saturated heterocycles. The number of hydrogen-bond donors (Lipinski definition) is 1. The Morgan fingerprint density at radius 1 is 1.11 bits per heavy atom. The van der Waals surface area contributed by atoms with E-state index in [-0.39, 0.29) is 43.1 Å². The molecule has 37 heavy (non-hydrogen) atoms. The minimum Gasteiger partial charge on any atom is -0.492 e. The Balaban J connectivity index is 1.49. The lowest BCUT2D eigenvalue weighted by atomic mass is 9.85. The van der Waals surface area contributed by atoms with Crippen molar-refractivity contribution in [3.8, 4) is 5.75 Å². The van der Waals surface area contributed by atoms with E-state index in [2.05, 4.69) is 4.98 Å². The van der Waals surface area contributed by atoms with Gasteiger partial charge in [-0.1, -0.05) is 25.1 Å². The number of nitrogens with zero attached hydrogens (tertiary/aromatic N) is 2. The molecule has 0 unspecified atom stereocenters. The fraction of sp³-hybridized carbons (Fsp3) is 0.517. The number of likely N-dealkylation sites (tertiary alicyclic amines) is 1. The van der Waals surface area contributed by atoms with Crippen LogP contribution < -0.4 is 4.74 Å². The lowest BCUT2D eigenvalue weighted by Crippen LogP contribution is -2.49. The number of hydrogen-bond acceptors (Lipinski definition) is 3. The van der Waals surface area contributed by atoms with Crippen LogP contribution in [0.3, 0.4) is 0 Å². The van der Waals surface area contributed by atoms with E-state index in [1.165, 1.54) is 26.0 Å². The summed E-state index contributed by atoms with van der Waals surface area (Å²) in [4.78, 5) is 7.36. The Kier molecular flexibility index (Phi) is 7.24. The van der Waals surface area contributed by atoms with E-state index in [0.29, 0.717) is 31.7 Å². The molecule has 1 N–H and O–H groups in total. The smallest absolute Gasteiger partial charge is 0.135 e. The van der Waals surface area contributed by atoms with Gasteiger partial charge in [0, 0.05) is 72.4 Å². The van der Waals surface area contributed by atoms with Crippen LogP contribution in [0.2, 0.25) is 0 Å². The largest absolute Gasteiger partial charge is 0.492 e. The van der Waals surface area contributed by atoms with Gasteiger partial charge in [-0.3, -0.25) is 14.2 Å². The zero-order valence-corrected chi connectivity index (χ0v) is 21.7. The fourth-order valence-corrected chi connectivity index (χ4v) is 5.90. The molecule has 8 heteroatoms. The van der Waals surface area contributed by atoms with Crippen LogP contribution in [0.1, 0.15) is 50.1 Å².